The van der Waals surface area contributed by atoms with Crippen LogP contribution >= 0.6 is 0 Å². The number of nitrogens with one attached hydrogen (secondary N) is 2. The molecule has 1 fully saturated rings. The van der Waals surface area contributed by atoms with Gasteiger partial charge in [0.1, 0.15) is 36.2 Å². The summed E-state index contributed by atoms with van der Waals surface area (Å²) in [4.78, 5) is 89.3. The van der Waals surface area contributed by atoms with Crippen molar-refractivity contribution in [2.75, 3.05) is 55.7 Å². The molecule has 1 aliphatic carbocycles. The number of nitrogens with zero attached hydrogens (tertiary/aromatic N) is 6. The van der Waals surface area contributed by atoms with Gasteiger partial charge in [0.15, 0.2) is 0 Å². The Labute approximate surface area is 453 Å². The molecule has 4 aromatic rings. The molecule has 6 rings (SSSR count). The second-order valence-corrected chi connectivity index (χ2v) is 21.0. The van der Waals surface area contributed by atoms with Gasteiger partial charge in [0.25, 0.3) is 0 Å². The largest absolute Gasteiger partial charge is 0.496 e. The summed E-state index contributed by atoms with van der Waals surface area (Å²) in [6.07, 6.45) is 1.25. The molecule has 77 heavy (non-hydrogen) atoms. The number of benzene rings is 3. The zero-order valence-electron chi connectivity index (χ0n) is 47.1. The van der Waals surface area contributed by atoms with Crippen molar-refractivity contribution < 1.29 is 52.5 Å². The van der Waals surface area contributed by atoms with Crippen LogP contribution in [0.25, 0.3) is 22.4 Å². The van der Waals surface area contributed by atoms with Crippen molar-refractivity contribution >= 4 is 35.7 Å². The van der Waals surface area contributed by atoms with Crippen molar-refractivity contribution in [1.29, 1.82) is 0 Å². The molecule has 2 N–H and O–H groups in total. The summed E-state index contributed by atoms with van der Waals surface area (Å²) in [7, 11) is 9.01. The summed E-state index contributed by atoms with van der Waals surface area (Å²) >= 11 is 0. The van der Waals surface area contributed by atoms with Crippen molar-refractivity contribution in [1.82, 2.24) is 40.3 Å². The highest BCUT2D eigenvalue weighted by Gasteiger charge is 2.44. The molecule has 0 saturated carbocycles. The minimum atomic E-state index is -1.13. The number of amides is 5. The van der Waals surface area contributed by atoms with Gasteiger partial charge in [-0.3, -0.25) is 24.1 Å². The average Bonchev–Trinajstić information content (AvgIpc) is 4.20. The normalized spacial score (nSPS) is 17.2. The topological polar surface area (TPSA) is 213 Å². The third-order valence-corrected chi connectivity index (χ3v) is 15.5. The number of ether oxygens (including phenoxy) is 5. The van der Waals surface area contributed by atoms with E-state index in [4.69, 9.17) is 23.7 Å². The first-order valence-corrected chi connectivity index (χ1v) is 26.7. The van der Waals surface area contributed by atoms with Gasteiger partial charge in [0, 0.05) is 46.3 Å². The number of likely N-dealkylation sites (tertiary alicyclic amines) is 1. The fraction of sp³-hybridized carbons (Fsp3) is 0.552. The van der Waals surface area contributed by atoms with Crippen molar-refractivity contribution in [3.63, 3.8) is 0 Å². The summed E-state index contributed by atoms with van der Waals surface area (Å²) in [5, 5.41) is 14.3. The van der Waals surface area contributed by atoms with Crippen LogP contribution in [-0.2, 0) is 49.5 Å². The van der Waals surface area contributed by atoms with E-state index >= 15 is 0 Å². The van der Waals surface area contributed by atoms with Crippen LogP contribution < -0.4 is 15.4 Å². The van der Waals surface area contributed by atoms with Crippen LogP contribution in [0.4, 0.5) is 4.79 Å². The summed E-state index contributed by atoms with van der Waals surface area (Å²) in [5.41, 5.74) is 5.57. The van der Waals surface area contributed by atoms with E-state index in [0.717, 1.165) is 22.3 Å². The predicted octanol–water partition coefficient (Wildman–Crippen LogP) is 6.58. The maximum absolute atomic E-state index is 14.8. The molecule has 5 amide bonds. The van der Waals surface area contributed by atoms with E-state index in [2.05, 4.69) is 33.1 Å². The molecule has 1 aromatic heterocycles. The molecule has 19 heteroatoms. The number of esters is 1. The first-order chi connectivity index (χ1) is 36.8. The van der Waals surface area contributed by atoms with Crippen molar-refractivity contribution in [3.8, 4) is 28.1 Å². The Hall–Kier alpha value is -6.86. The van der Waals surface area contributed by atoms with Gasteiger partial charge in [0.2, 0.25) is 23.6 Å². The number of fused-ring (bicyclic) bond motifs is 3. The molecule has 0 radical (unpaired) electrons. The molecule has 3 aromatic carbocycles. The first-order valence-electron chi connectivity index (χ1n) is 26.7. The second-order valence-electron chi connectivity index (χ2n) is 21.0. The van der Waals surface area contributed by atoms with Gasteiger partial charge in [-0.25, -0.2) is 14.3 Å². The van der Waals surface area contributed by atoms with Gasteiger partial charge >= 0.3 is 12.1 Å². The van der Waals surface area contributed by atoms with Gasteiger partial charge in [0.05, 0.1) is 63.6 Å². The van der Waals surface area contributed by atoms with Crippen LogP contribution in [0.1, 0.15) is 91.2 Å². The Morgan fingerprint density at radius 3 is 1.96 bits per heavy atom. The number of likely N-dealkylation sites (N-methyl/N-ethyl adjacent to an activating group) is 2. The van der Waals surface area contributed by atoms with Crippen LogP contribution in [-0.4, -0.2) is 163 Å². The lowest BCUT2D eigenvalue weighted by molar-refractivity contribution is -0.149. The smallest absolute Gasteiger partial charge is 0.410 e. The lowest BCUT2D eigenvalue weighted by atomic mass is 9.89. The molecule has 1 aliphatic heterocycles. The SMILES string of the molecule is CC[C@H](C)[C@@H]([C@@H](CC(=O)N1CCC[C@H]1[C@H](OC)[C@@H](C)C(=O)N[C@@H](Cn1cc(-c2ccccc2OC)nn1)C(=O)OC)OC)N(C)C(=O)[C@@H](NC(=O)[C@H](C(C)C)N(C)C(=O)OCC1c2ccccc2-c2ccccc21)C(C)C. The van der Waals surface area contributed by atoms with Gasteiger partial charge in [-0.05, 0) is 65.0 Å². The number of para-hydroxylation sites is 1. The fourth-order valence-electron chi connectivity index (χ4n) is 11.2. The van der Waals surface area contributed by atoms with Gasteiger partial charge in [-0.1, -0.05) is 121 Å². The summed E-state index contributed by atoms with van der Waals surface area (Å²) in [6, 6.07) is 19.3. The number of carbonyl (C=O) groups is 6. The van der Waals surface area contributed by atoms with Crippen molar-refractivity contribution in [3.05, 3.63) is 90.1 Å². The second kappa shape index (κ2) is 27.0. The van der Waals surface area contributed by atoms with E-state index in [0.29, 0.717) is 42.8 Å². The number of carbonyl (C=O) groups excluding carboxylic acids is 6. The van der Waals surface area contributed by atoms with Gasteiger partial charge in [-0.2, -0.15) is 0 Å². The van der Waals surface area contributed by atoms with Crippen LogP contribution in [0.5, 0.6) is 5.75 Å². The Bertz CT molecular complexity index is 2630. The number of hydrogen-bond acceptors (Lipinski definition) is 13. The van der Waals surface area contributed by atoms with Crippen LogP contribution in [0.3, 0.4) is 0 Å². The molecule has 418 valence electrons. The lowest BCUT2D eigenvalue weighted by Gasteiger charge is -2.41. The third-order valence-electron chi connectivity index (χ3n) is 15.5. The molecule has 0 spiro atoms. The zero-order valence-corrected chi connectivity index (χ0v) is 47.1. The summed E-state index contributed by atoms with van der Waals surface area (Å²) in [6.45, 7) is 13.5. The molecule has 0 bridgehead atoms. The zero-order chi connectivity index (χ0) is 56.2. The number of aromatic nitrogens is 3. The van der Waals surface area contributed by atoms with E-state index in [1.165, 1.54) is 38.0 Å². The molecule has 19 nitrogen and oxygen atoms in total. The quantitative estimate of drug-likeness (QED) is 0.0673. The van der Waals surface area contributed by atoms with E-state index < -0.39 is 72.2 Å². The van der Waals surface area contributed by atoms with Gasteiger partial charge < -0.3 is 44.1 Å². The molecule has 1 saturated heterocycles. The Morgan fingerprint density at radius 2 is 1.39 bits per heavy atom. The van der Waals surface area contributed by atoms with E-state index in [1.54, 1.807) is 43.1 Å². The molecule has 2 aliphatic rings. The van der Waals surface area contributed by atoms with Crippen LogP contribution in [0.2, 0.25) is 0 Å². The predicted molar refractivity (Wildman–Crippen MR) is 290 cm³/mol. The van der Waals surface area contributed by atoms with Crippen LogP contribution in [0.15, 0.2) is 79.0 Å². The Morgan fingerprint density at radius 1 is 0.766 bits per heavy atom. The van der Waals surface area contributed by atoms with Gasteiger partial charge in [-0.15, -0.1) is 5.10 Å². The molecule has 9 atom stereocenters. The maximum Gasteiger partial charge on any atom is 0.410 e. The standard InChI is InChI=1S/C58H80N8O11/c1-14-36(6)52(63(8)56(70)50(34(2)3)60-55(69)51(35(4)5)64(9)58(72)77-33-43-40-24-17-15-22-38(40)39-23-16-18-25-41(39)43)48(74-11)30-49(67)66-29-21-27-46(66)53(75-12)37(7)54(68)59-45(57(71)76-13)32-65-31-44(61-62-65)42-26-19-20-28-47(42)73-10/h15-20,22-26,28,31,34-37,43,45-46,48,50-53H,14,21,27,29-30,32-33H2,1-13H3,(H,59,68)(H,60,69)/t36-,37+,45-,46-,48+,50-,51-,52-,53+/m0/s1. The lowest BCUT2D eigenvalue weighted by Crippen LogP contribution is -2.60. The summed E-state index contributed by atoms with van der Waals surface area (Å²) < 4.78 is 30.1. The van der Waals surface area contributed by atoms with Crippen molar-refractivity contribution in [2.24, 2.45) is 23.7 Å². The minimum absolute atomic E-state index is 0.0740. The Kier molecular flexibility index (Phi) is 20.8. The number of methoxy groups -OCH3 is 4. The fourth-order valence-corrected chi connectivity index (χ4v) is 11.2. The average molecular weight is 1070 g/mol. The van der Waals surface area contributed by atoms with Crippen molar-refractivity contribution in [2.45, 2.75) is 129 Å². The van der Waals surface area contributed by atoms with E-state index in [9.17, 15) is 28.8 Å². The van der Waals surface area contributed by atoms with E-state index in [1.807, 2.05) is 96.1 Å². The highest BCUT2D eigenvalue weighted by atomic mass is 16.6. The van der Waals surface area contributed by atoms with Crippen LogP contribution in [0, 0.1) is 23.7 Å². The molecular formula is C58H80N8O11. The monoisotopic (exact) mass is 1060 g/mol. The maximum atomic E-state index is 14.8. The first kappa shape index (κ1) is 59.4. The highest BCUT2D eigenvalue weighted by molar-refractivity contribution is 5.92. The minimum Gasteiger partial charge on any atom is -0.496 e. The highest BCUT2D eigenvalue weighted by Crippen LogP contribution is 2.44. The number of rotatable bonds is 25. The Balaban J connectivity index is 1.11. The molecular weight excluding hydrogens is 985 g/mol. The molecule has 2 heterocycles. The third kappa shape index (κ3) is 13.5. The number of hydrogen-bond donors (Lipinski definition) is 2. The van der Waals surface area contributed by atoms with E-state index in [-0.39, 0.29) is 55.1 Å². The summed E-state index contributed by atoms with van der Waals surface area (Å²) in [5.74, 6) is -3.52. The molecule has 0 unspecified atom stereocenters.